The first-order valence-corrected chi connectivity index (χ1v) is 4.97. The smallest absolute Gasteiger partial charge is 0.333 e. The predicted octanol–water partition coefficient (Wildman–Crippen LogP) is 1.70. The molecule has 1 aromatic carbocycles. The van der Waals surface area contributed by atoms with Crippen LogP contribution in [0.3, 0.4) is 0 Å². The van der Waals surface area contributed by atoms with Crippen LogP contribution in [0.4, 0.5) is 8.78 Å². The van der Waals surface area contributed by atoms with Gasteiger partial charge < -0.3 is 14.9 Å². The molecule has 2 N–H and O–H groups in total. The average Bonchev–Trinajstić information content (AvgIpc) is 2.25. The highest BCUT2D eigenvalue weighted by atomic mass is 19.1. The zero-order valence-corrected chi connectivity index (χ0v) is 9.11. The van der Waals surface area contributed by atoms with E-state index in [0.29, 0.717) is 0 Å². The highest BCUT2D eigenvalue weighted by Gasteiger charge is 2.20. The summed E-state index contributed by atoms with van der Waals surface area (Å²) in [5, 5.41) is 17.7. The third-order valence-corrected chi connectivity index (χ3v) is 2.14. The summed E-state index contributed by atoms with van der Waals surface area (Å²) in [6, 6.07) is 1.76. The zero-order chi connectivity index (χ0) is 13.0. The number of halogens is 2. The number of phenols is 1. The van der Waals surface area contributed by atoms with Crippen molar-refractivity contribution >= 4 is 5.97 Å². The third-order valence-electron chi connectivity index (χ3n) is 2.14. The summed E-state index contributed by atoms with van der Waals surface area (Å²) >= 11 is 0. The minimum Gasteiger partial charge on any atom is -0.503 e. The molecular formula is C11H12F2O4. The van der Waals surface area contributed by atoms with Crippen LogP contribution in [0.25, 0.3) is 0 Å². The molecule has 0 spiro atoms. The Morgan fingerprint density at radius 2 is 1.94 bits per heavy atom. The Morgan fingerprint density at radius 1 is 1.41 bits per heavy atom. The summed E-state index contributed by atoms with van der Waals surface area (Å²) in [5.41, 5.74) is 0.110. The van der Waals surface area contributed by atoms with Gasteiger partial charge >= 0.3 is 5.97 Å². The first-order chi connectivity index (χ1) is 7.95. The molecule has 1 aromatic rings. The highest BCUT2D eigenvalue weighted by molar-refractivity contribution is 5.72. The fourth-order valence-corrected chi connectivity index (χ4v) is 1.37. The van der Waals surface area contributed by atoms with Crippen molar-refractivity contribution in [2.75, 3.05) is 6.61 Å². The Balaban J connectivity index is 2.90. The fraction of sp³-hybridized carbons (Fsp3) is 0.364. The van der Waals surface area contributed by atoms with Gasteiger partial charge in [0.1, 0.15) is 0 Å². The molecule has 0 saturated heterocycles. The topological polar surface area (TPSA) is 66.8 Å². The summed E-state index contributed by atoms with van der Waals surface area (Å²) < 4.78 is 30.9. The van der Waals surface area contributed by atoms with Gasteiger partial charge in [0.15, 0.2) is 23.5 Å². The van der Waals surface area contributed by atoms with Crippen LogP contribution in [0.2, 0.25) is 0 Å². The number of rotatable bonds is 5. The summed E-state index contributed by atoms with van der Waals surface area (Å²) in [5.74, 6) is -4.53. The summed E-state index contributed by atoms with van der Waals surface area (Å²) in [6.07, 6.45) is -1.33. The standard InChI is InChI=1S/C11H12F2O4/c1-2-17-9(11(15)16)5-6-3-7(12)10(14)8(13)4-6/h3-4,9,14H,2,5H2,1H3,(H,15,16). The van der Waals surface area contributed by atoms with Gasteiger partial charge in [-0.15, -0.1) is 0 Å². The van der Waals surface area contributed by atoms with Gasteiger partial charge in [0.25, 0.3) is 0 Å². The van der Waals surface area contributed by atoms with Gasteiger partial charge in [-0.2, -0.15) is 0 Å². The van der Waals surface area contributed by atoms with E-state index >= 15 is 0 Å². The minimum atomic E-state index is -1.21. The van der Waals surface area contributed by atoms with Crippen molar-refractivity contribution < 1.29 is 28.5 Å². The lowest BCUT2D eigenvalue weighted by Crippen LogP contribution is -2.26. The van der Waals surface area contributed by atoms with E-state index in [-0.39, 0.29) is 18.6 Å². The molecule has 0 radical (unpaired) electrons. The van der Waals surface area contributed by atoms with E-state index in [4.69, 9.17) is 14.9 Å². The third kappa shape index (κ3) is 3.39. The summed E-state index contributed by atoms with van der Waals surface area (Å²) in [4.78, 5) is 10.8. The molecule has 1 rings (SSSR count). The molecule has 0 aliphatic rings. The Kier molecular flexibility index (Phi) is 4.39. The van der Waals surface area contributed by atoms with Crippen molar-refractivity contribution in [3.8, 4) is 5.75 Å². The maximum Gasteiger partial charge on any atom is 0.333 e. The minimum absolute atomic E-state index is 0.110. The van der Waals surface area contributed by atoms with E-state index in [0.717, 1.165) is 12.1 Å². The van der Waals surface area contributed by atoms with Crippen molar-refractivity contribution in [3.05, 3.63) is 29.3 Å². The molecular weight excluding hydrogens is 234 g/mol. The number of hydrogen-bond acceptors (Lipinski definition) is 3. The predicted molar refractivity (Wildman–Crippen MR) is 54.8 cm³/mol. The zero-order valence-electron chi connectivity index (χ0n) is 9.11. The van der Waals surface area contributed by atoms with Gasteiger partial charge in [0.05, 0.1) is 0 Å². The second-order valence-corrected chi connectivity index (χ2v) is 3.39. The van der Waals surface area contributed by atoms with Crippen molar-refractivity contribution in [3.63, 3.8) is 0 Å². The number of carbonyl (C=O) groups is 1. The van der Waals surface area contributed by atoms with Crippen LogP contribution in [0.5, 0.6) is 5.75 Å². The lowest BCUT2D eigenvalue weighted by atomic mass is 10.1. The Labute approximate surface area is 96.5 Å². The number of hydrogen-bond donors (Lipinski definition) is 2. The molecule has 0 aliphatic carbocycles. The number of phenolic OH excluding ortho intramolecular Hbond substituents is 1. The van der Waals surface area contributed by atoms with Crippen molar-refractivity contribution in [2.45, 2.75) is 19.4 Å². The first kappa shape index (κ1) is 13.4. The number of benzene rings is 1. The van der Waals surface area contributed by atoms with Gasteiger partial charge in [-0.05, 0) is 24.6 Å². The van der Waals surface area contributed by atoms with Crippen LogP contribution in [0, 0.1) is 11.6 Å². The van der Waals surface area contributed by atoms with Crippen LogP contribution in [0.1, 0.15) is 12.5 Å². The van der Waals surface area contributed by atoms with Gasteiger partial charge in [-0.25, -0.2) is 13.6 Å². The second-order valence-electron chi connectivity index (χ2n) is 3.39. The number of aromatic hydroxyl groups is 1. The van der Waals surface area contributed by atoms with Gasteiger partial charge in [0.2, 0.25) is 0 Å². The number of aliphatic carboxylic acids is 1. The molecule has 0 aliphatic heterocycles. The van der Waals surface area contributed by atoms with Crippen LogP contribution >= 0.6 is 0 Å². The summed E-state index contributed by atoms with van der Waals surface area (Å²) in [7, 11) is 0. The molecule has 0 amide bonds. The van der Waals surface area contributed by atoms with E-state index in [2.05, 4.69) is 0 Å². The lowest BCUT2D eigenvalue weighted by molar-refractivity contribution is -0.149. The largest absolute Gasteiger partial charge is 0.503 e. The quantitative estimate of drug-likeness (QED) is 0.829. The SMILES string of the molecule is CCOC(Cc1cc(F)c(O)c(F)c1)C(=O)O. The first-order valence-electron chi connectivity index (χ1n) is 4.97. The number of carboxylic acids is 1. The average molecular weight is 246 g/mol. The molecule has 0 heterocycles. The van der Waals surface area contributed by atoms with Crippen LogP contribution < -0.4 is 0 Å². The van der Waals surface area contributed by atoms with E-state index in [1.807, 2.05) is 0 Å². The normalized spacial score (nSPS) is 12.4. The van der Waals surface area contributed by atoms with E-state index in [9.17, 15) is 13.6 Å². The van der Waals surface area contributed by atoms with Crippen molar-refractivity contribution in [2.24, 2.45) is 0 Å². The molecule has 1 atom stereocenters. The second kappa shape index (κ2) is 5.58. The fourth-order valence-electron chi connectivity index (χ4n) is 1.37. The Bertz CT molecular complexity index is 397. The molecule has 0 fully saturated rings. The monoisotopic (exact) mass is 246 g/mol. The Hall–Kier alpha value is -1.69. The molecule has 17 heavy (non-hydrogen) atoms. The number of carboxylic acid groups (broad SMARTS) is 1. The maximum atomic E-state index is 13.0. The van der Waals surface area contributed by atoms with E-state index in [1.54, 1.807) is 6.92 Å². The van der Waals surface area contributed by atoms with E-state index in [1.165, 1.54) is 0 Å². The Morgan fingerprint density at radius 3 is 2.35 bits per heavy atom. The molecule has 0 saturated carbocycles. The molecule has 0 aromatic heterocycles. The van der Waals surface area contributed by atoms with Gasteiger partial charge in [-0.1, -0.05) is 0 Å². The summed E-state index contributed by atoms with van der Waals surface area (Å²) in [6.45, 7) is 1.80. The van der Waals surface area contributed by atoms with Gasteiger partial charge in [0, 0.05) is 13.0 Å². The highest BCUT2D eigenvalue weighted by Crippen LogP contribution is 2.22. The molecule has 1 unspecified atom stereocenters. The molecule has 4 nitrogen and oxygen atoms in total. The van der Waals surface area contributed by atoms with Crippen molar-refractivity contribution in [1.29, 1.82) is 0 Å². The lowest BCUT2D eigenvalue weighted by Gasteiger charge is -2.12. The van der Waals surface area contributed by atoms with Gasteiger partial charge in [-0.3, -0.25) is 0 Å². The molecule has 6 heteroatoms. The van der Waals surface area contributed by atoms with E-state index < -0.39 is 29.5 Å². The maximum absolute atomic E-state index is 13.0. The molecule has 0 bridgehead atoms. The number of ether oxygens (including phenoxy) is 1. The van der Waals surface area contributed by atoms with Crippen LogP contribution in [-0.4, -0.2) is 28.9 Å². The van der Waals surface area contributed by atoms with Crippen LogP contribution in [-0.2, 0) is 16.0 Å². The van der Waals surface area contributed by atoms with Crippen LogP contribution in [0.15, 0.2) is 12.1 Å². The van der Waals surface area contributed by atoms with Crippen molar-refractivity contribution in [1.82, 2.24) is 0 Å². The molecule has 94 valence electrons.